The highest BCUT2D eigenvalue weighted by molar-refractivity contribution is 7.98. The van der Waals surface area contributed by atoms with Crippen molar-refractivity contribution >= 4 is 29.3 Å². The highest BCUT2D eigenvalue weighted by Crippen LogP contribution is 2.04. The Balaban J connectivity index is 2.68. The summed E-state index contributed by atoms with van der Waals surface area (Å²) in [5.41, 5.74) is -0.319. The second kappa shape index (κ2) is 5.26. The molecule has 1 heterocycles. The number of rotatable bonds is 4. The number of nitrogens with zero attached hydrogens (tertiary/aromatic N) is 1. The number of nitrogens with one attached hydrogen (secondary N) is 2. The summed E-state index contributed by atoms with van der Waals surface area (Å²) >= 11 is 7.27. The van der Waals surface area contributed by atoms with E-state index >= 15 is 0 Å². The Kier molecular flexibility index (Phi) is 4.28. The van der Waals surface area contributed by atoms with E-state index in [0.717, 1.165) is 5.75 Å². The zero-order chi connectivity index (χ0) is 10.6. The average molecular weight is 234 g/mol. The van der Waals surface area contributed by atoms with Crippen LogP contribution in [-0.2, 0) is 0 Å². The third-order valence-electron chi connectivity index (χ3n) is 1.56. The van der Waals surface area contributed by atoms with Crippen molar-refractivity contribution in [3.05, 3.63) is 21.6 Å². The van der Waals surface area contributed by atoms with E-state index in [2.05, 4.69) is 15.3 Å². The Hall–Kier alpha value is -0.680. The third-order valence-corrected chi connectivity index (χ3v) is 2.66. The normalized spacial score (nSPS) is 12.5. The van der Waals surface area contributed by atoms with Gasteiger partial charge in [-0.15, -0.1) is 0 Å². The van der Waals surface area contributed by atoms with E-state index in [4.69, 9.17) is 11.6 Å². The van der Waals surface area contributed by atoms with E-state index in [1.54, 1.807) is 11.8 Å². The summed E-state index contributed by atoms with van der Waals surface area (Å²) in [7, 11) is 0. The molecule has 1 aromatic heterocycles. The summed E-state index contributed by atoms with van der Waals surface area (Å²) in [6.45, 7) is 2.02. The van der Waals surface area contributed by atoms with Crippen molar-refractivity contribution in [3.8, 4) is 0 Å². The first-order valence-electron chi connectivity index (χ1n) is 4.13. The minimum atomic E-state index is -0.319. The van der Waals surface area contributed by atoms with Gasteiger partial charge in [-0.3, -0.25) is 9.78 Å². The van der Waals surface area contributed by atoms with Gasteiger partial charge in [0, 0.05) is 11.8 Å². The fourth-order valence-electron chi connectivity index (χ4n) is 0.978. The quantitative estimate of drug-likeness (QED) is 0.829. The van der Waals surface area contributed by atoms with E-state index in [1.807, 2.05) is 13.2 Å². The lowest BCUT2D eigenvalue weighted by atomic mass is 10.4. The van der Waals surface area contributed by atoms with E-state index < -0.39 is 0 Å². The van der Waals surface area contributed by atoms with Gasteiger partial charge in [0.05, 0.1) is 6.20 Å². The molecule has 1 unspecified atom stereocenters. The summed E-state index contributed by atoms with van der Waals surface area (Å²) in [5.74, 6) is 1.41. The predicted octanol–water partition coefficient (Wildman–Crippen LogP) is 1.59. The maximum Gasteiger partial charge on any atom is 0.271 e. The second-order valence-corrected chi connectivity index (χ2v) is 4.23. The van der Waals surface area contributed by atoms with E-state index in [9.17, 15) is 4.79 Å². The average Bonchev–Trinajstić information content (AvgIpc) is 2.12. The zero-order valence-corrected chi connectivity index (χ0v) is 9.58. The summed E-state index contributed by atoms with van der Waals surface area (Å²) in [6.07, 6.45) is 3.37. The van der Waals surface area contributed by atoms with Crippen molar-refractivity contribution in [1.82, 2.24) is 9.97 Å². The number of aromatic amines is 1. The topological polar surface area (TPSA) is 57.8 Å². The zero-order valence-electron chi connectivity index (χ0n) is 8.00. The van der Waals surface area contributed by atoms with Gasteiger partial charge < -0.3 is 5.32 Å². The summed E-state index contributed by atoms with van der Waals surface area (Å²) < 4.78 is 0. The minimum absolute atomic E-state index is 0.105. The van der Waals surface area contributed by atoms with Crippen LogP contribution in [0.3, 0.4) is 0 Å². The largest absolute Gasteiger partial charge is 0.352 e. The molecule has 0 aliphatic heterocycles. The Morgan fingerprint density at radius 3 is 3.07 bits per heavy atom. The van der Waals surface area contributed by atoms with Gasteiger partial charge >= 0.3 is 0 Å². The van der Waals surface area contributed by atoms with E-state index in [0.29, 0.717) is 5.95 Å². The predicted molar refractivity (Wildman–Crippen MR) is 61.3 cm³/mol. The number of thioether (sulfide) groups is 1. The van der Waals surface area contributed by atoms with Gasteiger partial charge in [0.1, 0.15) is 5.02 Å². The molecule has 6 heteroatoms. The number of anilines is 1. The molecule has 0 saturated heterocycles. The number of hydrogen-bond donors (Lipinski definition) is 2. The van der Waals surface area contributed by atoms with Gasteiger partial charge in [0.15, 0.2) is 0 Å². The third kappa shape index (κ3) is 3.23. The summed E-state index contributed by atoms with van der Waals surface area (Å²) in [5, 5.41) is 3.17. The van der Waals surface area contributed by atoms with Gasteiger partial charge in [0.2, 0.25) is 5.95 Å². The highest BCUT2D eigenvalue weighted by Gasteiger charge is 2.03. The van der Waals surface area contributed by atoms with Crippen molar-refractivity contribution in [2.45, 2.75) is 13.0 Å². The minimum Gasteiger partial charge on any atom is -0.352 e. The molecule has 0 radical (unpaired) electrons. The van der Waals surface area contributed by atoms with E-state index in [1.165, 1.54) is 6.20 Å². The molecule has 78 valence electrons. The van der Waals surface area contributed by atoms with Crippen LogP contribution in [0.25, 0.3) is 0 Å². The first-order valence-corrected chi connectivity index (χ1v) is 5.91. The second-order valence-electron chi connectivity index (χ2n) is 2.91. The molecular formula is C8H12ClN3OS. The maximum atomic E-state index is 11.1. The number of hydrogen-bond acceptors (Lipinski definition) is 4. The Morgan fingerprint density at radius 1 is 1.79 bits per heavy atom. The first kappa shape index (κ1) is 11.4. The van der Waals surface area contributed by atoms with Crippen molar-refractivity contribution < 1.29 is 0 Å². The van der Waals surface area contributed by atoms with Gasteiger partial charge in [0.25, 0.3) is 5.56 Å². The Labute approximate surface area is 91.5 Å². The van der Waals surface area contributed by atoms with Crippen LogP contribution in [0.5, 0.6) is 0 Å². The molecule has 0 saturated carbocycles. The van der Waals surface area contributed by atoms with Crippen LogP contribution in [0.15, 0.2) is 11.0 Å². The van der Waals surface area contributed by atoms with Crippen molar-refractivity contribution in [1.29, 1.82) is 0 Å². The smallest absolute Gasteiger partial charge is 0.271 e. The monoisotopic (exact) mass is 233 g/mol. The first-order chi connectivity index (χ1) is 6.63. The molecule has 1 rings (SSSR count). The molecule has 1 atom stereocenters. The molecule has 0 fully saturated rings. The SMILES string of the molecule is CSCC(C)Nc1ncc(Cl)c(=O)[nH]1. The number of halogens is 1. The van der Waals surface area contributed by atoms with Crippen LogP contribution in [-0.4, -0.2) is 28.0 Å². The summed E-state index contributed by atoms with van der Waals surface area (Å²) in [6, 6.07) is 0.259. The van der Waals surface area contributed by atoms with Crippen LogP contribution in [0.1, 0.15) is 6.92 Å². The van der Waals surface area contributed by atoms with E-state index in [-0.39, 0.29) is 16.6 Å². The lowest BCUT2D eigenvalue weighted by molar-refractivity contribution is 0.883. The molecule has 14 heavy (non-hydrogen) atoms. The number of aromatic nitrogens is 2. The molecule has 0 spiro atoms. The maximum absolute atomic E-state index is 11.1. The molecule has 0 aromatic carbocycles. The molecule has 0 bridgehead atoms. The van der Waals surface area contributed by atoms with Crippen molar-refractivity contribution in [2.24, 2.45) is 0 Å². The molecule has 1 aromatic rings. The Morgan fingerprint density at radius 2 is 2.50 bits per heavy atom. The van der Waals surface area contributed by atoms with Gasteiger partial charge in [-0.1, -0.05) is 11.6 Å². The molecule has 2 N–H and O–H groups in total. The fraction of sp³-hybridized carbons (Fsp3) is 0.500. The standard InChI is InChI=1S/C8H12ClN3OS/c1-5(4-14-2)11-8-10-3-6(9)7(13)12-8/h3,5H,4H2,1-2H3,(H2,10,11,12,13). The van der Waals surface area contributed by atoms with Crippen molar-refractivity contribution in [3.63, 3.8) is 0 Å². The molecule has 4 nitrogen and oxygen atoms in total. The van der Waals surface area contributed by atoms with Crippen LogP contribution in [0.4, 0.5) is 5.95 Å². The lowest BCUT2D eigenvalue weighted by Gasteiger charge is -2.11. The van der Waals surface area contributed by atoms with Gasteiger partial charge in [-0.25, -0.2) is 4.98 Å². The highest BCUT2D eigenvalue weighted by atomic mass is 35.5. The molecule has 0 aliphatic rings. The van der Waals surface area contributed by atoms with Crippen LogP contribution in [0.2, 0.25) is 5.02 Å². The van der Waals surface area contributed by atoms with Crippen LogP contribution in [0, 0.1) is 0 Å². The van der Waals surface area contributed by atoms with Crippen LogP contribution >= 0.6 is 23.4 Å². The van der Waals surface area contributed by atoms with Gasteiger partial charge in [-0.2, -0.15) is 11.8 Å². The lowest BCUT2D eigenvalue weighted by Crippen LogP contribution is -2.22. The van der Waals surface area contributed by atoms with Gasteiger partial charge in [-0.05, 0) is 13.2 Å². The van der Waals surface area contributed by atoms with Crippen molar-refractivity contribution in [2.75, 3.05) is 17.3 Å². The summed E-state index contributed by atoms with van der Waals surface area (Å²) in [4.78, 5) is 17.6. The molecule has 0 aliphatic carbocycles. The Bertz CT molecular complexity index is 355. The fourth-order valence-corrected chi connectivity index (χ4v) is 1.66. The molecular weight excluding hydrogens is 222 g/mol. The number of H-pyrrole nitrogens is 1. The van der Waals surface area contributed by atoms with Crippen LogP contribution < -0.4 is 10.9 Å². The molecule has 0 amide bonds.